The molecule has 0 bridgehead atoms. The molecule has 0 spiro atoms. The third-order valence-corrected chi connectivity index (χ3v) is 9.63. The van der Waals surface area contributed by atoms with Crippen molar-refractivity contribution < 1.29 is 95.2 Å². The molecule has 0 saturated heterocycles. The fraction of sp³-hybridized carbons (Fsp3) is 0.846. The van der Waals surface area contributed by atoms with Crippen molar-refractivity contribution in [2.75, 3.05) is 152 Å². The molecule has 460 valence electrons. The SMILES string of the molecule is COC(=O)CCOCCOCCOCCOCCOCCC(=O)NC(COCCC(=O)NCCCNC(=O)OC(C)(C)C)(COCCC(=O)NCCCNC(=O)OC(C)(C)C)COCCC(=O)NCCCNC(=O)OC(C)(C)C. The number of hydrogen-bond acceptors (Lipinski definition) is 20. The van der Waals surface area contributed by atoms with E-state index in [1.165, 1.54) is 7.11 Å². The molecule has 0 aromatic carbocycles. The van der Waals surface area contributed by atoms with Crippen LogP contribution < -0.4 is 37.2 Å². The van der Waals surface area contributed by atoms with Crippen molar-refractivity contribution >= 4 is 47.9 Å². The summed E-state index contributed by atoms with van der Waals surface area (Å²) < 4.78 is 65.6. The topological polar surface area (TPSA) is 332 Å². The summed E-state index contributed by atoms with van der Waals surface area (Å²) in [6.07, 6.45) is -0.353. The highest BCUT2D eigenvalue weighted by Gasteiger charge is 2.34. The minimum atomic E-state index is -1.37. The summed E-state index contributed by atoms with van der Waals surface area (Å²) in [5, 5.41) is 19.2. The van der Waals surface area contributed by atoms with Crippen molar-refractivity contribution in [3.05, 3.63) is 0 Å². The second-order valence-corrected chi connectivity index (χ2v) is 20.8. The lowest BCUT2D eigenvalue weighted by atomic mass is 10.0. The predicted octanol–water partition coefficient (Wildman–Crippen LogP) is 2.19. The molecule has 0 aliphatic carbocycles. The van der Waals surface area contributed by atoms with Crippen LogP contribution in [0, 0.1) is 0 Å². The summed E-state index contributed by atoms with van der Waals surface area (Å²) in [4.78, 5) is 98.6. The van der Waals surface area contributed by atoms with E-state index in [0.717, 1.165) is 0 Å². The van der Waals surface area contributed by atoms with E-state index in [1.54, 1.807) is 62.3 Å². The Morgan fingerprint density at radius 1 is 0.316 bits per heavy atom. The monoisotopic (exact) mass is 1140 g/mol. The second-order valence-electron chi connectivity index (χ2n) is 20.8. The fourth-order valence-corrected chi connectivity index (χ4v) is 6.02. The van der Waals surface area contributed by atoms with Crippen molar-refractivity contribution in [2.24, 2.45) is 0 Å². The maximum absolute atomic E-state index is 13.6. The van der Waals surface area contributed by atoms with Crippen molar-refractivity contribution in [3.8, 4) is 0 Å². The average molecular weight is 1140 g/mol. The predicted molar refractivity (Wildman–Crippen MR) is 288 cm³/mol. The minimum absolute atomic E-state index is 0.0302. The molecule has 0 fully saturated rings. The Morgan fingerprint density at radius 3 is 0.861 bits per heavy atom. The number of methoxy groups -OCH3 is 1. The van der Waals surface area contributed by atoms with Gasteiger partial charge in [-0.05, 0) is 81.6 Å². The van der Waals surface area contributed by atoms with Gasteiger partial charge in [0.2, 0.25) is 23.6 Å². The van der Waals surface area contributed by atoms with Gasteiger partial charge in [0.1, 0.15) is 22.3 Å². The van der Waals surface area contributed by atoms with Gasteiger partial charge in [-0.3, -0.25) is 24.0 Å². The molecule has 27 heteroatoms. The highest BCUT2D eigenvalue weighted by molar-refractivity contribution is 5.78. The van der Waals surface area contributed by atoms with Crippen LogP contribution in [0.1, 0.15) is 114 Å². The number of carbonyl (C=O) groups excluding carboxylic acids is 8. The van der Waals surface area contributed by atoms with Crippen LogP contribution >= 0.6 is 0 Å². The summed E-state index contributed by atoms with van der Waals surface area (Å²) in [5.41, 5.74) is -3.30. The highest BCUT2D eigenvalue weighted by Crippen LogP contribution is 2.12. The summed E-state index contributed by atoms with van der Waals surface area (Å²) in [7, 11) is 1.32. The first kappa shape index (κ1) is 73.8. The van der Waals surface area contributed by atoms with Crippen molar-refractivity contribution in [3.63, 3.8) is 0 Å². The third kappa shape index (κ3) is 50.8. The van der Waals surface area contributed by atoms with E-state index < -0.39 is 46.5 Å². The molecule has 7 N–H and O–H groups in total. The van der Waals surface area contributed by atoms with E-state index in [1.807, 2.05) is 0 Å². The van der Waals surface area contributed by atoms with E-state index in [4.69, 9.17) is 52.1 Å². The van der Waals surface area contributed by atoms with Crippen molar-refractivity contribution in [1.29, 1.82) is 0 Å². The molecular formula is C52H97N7O20. The quantitative estimate of drug-likeness (QED) is 0.0261. The van der Waals surface area contributed by atoms with E-state index >= 15 is 0 Å². The smallest absolute Gasteiger partial charge is 0.407 e. The number of amides is 7. The Balaban J connectivity index is 5.51. The number of nitrogens with one attached hydrogen (secondary N) is 7. The van der Waals surface area contributed by atoms with Gasteiger partial charge in [-0.2, -0.15) is 0 Å². The number of ether oxygens (including phenoxy) is 12. The molecular weight excluding hydrogens is 1040 g/mol. The lowest BCUT2D eigenvalue weighted by molar-refractivity contribution is -0.142. The summed E-state index contributed by atoms with van der Waals surface area (Å²) in [5.74, 6) is -1.73. The Labute approximate surface area is 467 Å². The van der Waals surface area contributed by atoms with Gasteiger partial charge >= 0.3 is 24.2 Å². The van der Waals surface area contributed by atoms with Crippen LogP contribution in [0.3, 0.4) is 0 Å². The molecule has 0 rings (SSSR count). The molecule has 0 aliphatic rings. The van der Waals surface area contributed by atoms with Crippen LogP contribution in [0.2, 0.25) is 0 Å². The molecule has 0 radical (unpaired) electrons. The third-order valence-electron chi connectivity index (χ3n) is 9.63. The Morgan fingerprint density at radius 2 is 0.570 bits per heavy atom. The zero-order valence-corrected chi connectivity index (χ0v) is 48.9. The van der Waals surface area contributed by atoms with E-state index in [9.17, 15) is 38.4 Å². The largest absolute Gasteiger partial charge is 0.469 e. The molecule has 0 heterocycles. The first-order chi connectivity index (χ1) is 37.3. The van der Waals surface area contributed by atoms with E-state index in [-0.39, 0.29) is 161 Å². The van der Waals surface area contributed by atoms with Gasteiger partial charge in [0, 0.05) is 65.0 Å². The highest BCUT2D eigenvalue weighted by atomic mass is 16.6. The normalized spacial score (nSPS) is 11.7. The Bertz CT molecular complexity index is 1570. The van der Waals surface area contributed by atoms with Gasteiger partial charge in [-0.1, -0.05) is 0 Å². The summed E-state index contributed by atoms with van der Waals surface area (Å²) in [6.45, 7) is 19.5. The fourth-order valence-electron chi connectivity index (χ4n) is 6.02. The first-order valence-electron chi connectivity index (χ1n) is 27.0. The van der Waals surface area contributed by atoms with Crippen LogP contribution in [0.4, 0.5) is 14.4 Å². The zero-order valence-electron chi connectivity index (χ0n) is 48.9. The van der Waals surface area contributed by atoms with Gasteiger partial charge in [-0.25, -0.2) is 14.4 Å². The molecule has 0 atom stereocenters. The maximum atomic E-state index is 13.6. The number of alkyl carbamates (subject to hydrolysis) is 3. The van der Waals surface area contributed by atoms with Crippen LogP contribution in [0.15, 0.2) is 0 Å². The Kier molecular flexibility index (Phi) is 41.7. The number of hydrogen-bond donors (Lipinski definition) is 7. The van der Waals surface area contributed by atoms with Crippen LogP contribution in [-0.2, 0) is 80.8 Å². The van der Waals surface area contributed by atoms with Gasteiger partial charge in [0.15, 0.2) is 0 Å². The summed E-state index contributed by atoms with van der Waals surface area (Å²) in [6, 6.07) is 0. The molecule has 79 heavy (non-hydrogen) atoms. The molecule has 0 unspecified atom stereocenters. The zero-order chi connectivity index (χ0) is 59.3. The Hall–Kier alpha value is -5.16. The number of rotatable bonds is 46. The van der Waals surface area contributed by atoms with Gasteiger partial charge in [0.25, 0.3) is 0 Å². The molecule has 7 amide bonds. The standard InChI is InChI=1S/C52H97N7O20/c1-49(2,3)77-46(65)56-22-11-19-53-41(60)14-26-74-38-52(39-75-27-15-42(61)54-20-12-23-57-47(66)78-50(4,5)6,40-76-28-16-43(62)55-21-13-24-58-48(67)79-51(7,8)9)59-44(63)17-25-69-30-32-71-34-36-73-37-35-72-33-31-70-29-18-45(64)68-10/h11-40H2,1-10H3,(H,53,60)(H,54,61)(H,55,62)(H,56,65)(H,57,66)(H,58,67)(H,59,63). The van der Waals surface area contributed by atoms with Gasteiger partial charge in [-0.15, -0.1) is 0 Å². The first-order valence-corrected chi connectivity index (χ1v) is 27.0. The number of carbonyl (C=O) groups is 8. The van der Waals surface area contributed by atoms with Gasteiger partial charge in [0.05, 0.1) is 119 Å². The minimum Gasteiger partial charge on any atom is -0.469 e. The molecule has 27 nitrogen and oxygen atoms in total. The second kappa shape index (κ2) is 44.6. The van der Waals surface area contributed by atoms with E-state index in [0.29, 0.717) is 58.9 Å². The molecule has 0 aromatic heterocycles. The molecule has 0 saturated carbocycles. The molecule has 0 aliphatic heterocycles. The van der Waals surface area contributed by atoms with Crippen LogP contribution in [-0.4, -0.2) is 222 Å². The number of esters is 1. The lowest BCUT2D eigenvalue weighted by Gasteiger charge is -2.34. The molecule has 0 aromatic rings. The lowest BCUT2D eigenvalue weighted by Crippen LogP contribution is -2.59. The maximum Gasteiger partial charge on any atom is 0.407 e. The average Bonchev–Trinajstić information content (AvgIpc) is 3.34. The van der Waals surface area contributed by atoms with Gasteiger partial charge < -0.3 is 94.1 Å². The van der Waals surface area contributed by atoms with Crippen LogP contribution in [0.25, 0.3) is 0 Å². The summed E-state index contributed by atoms with van der Waals surface area (Å²) >= 11 is 0. The van der Waals surface area contributed by atoms with E-state index in [2.05, 4.69) is 42.0 Å². The van der Waals surface area contributed by atoms with Crippen LogP contribution in [0.5, 0.6) is 0 Å². The van der Waals surface area contributed by atoms with Crippen molar-refractivity contribution in [1.82, 2.24) is 37.2 Å². The van der Waals surface area contributed by atoms with Crippen molar-refractivity contribution in [2.45, 2.75) is 136 Å².